The van der Waals surface area contributed by atoms with Crippen molar-refractivity contribution in [3.8, 4) is 28.3 Å². The zero-order valence-corrected chi connectivity index (χ0v) is 22.3. The molecule has 0 atom stereocenters. The van der Waals surface area contributed by atoms with Gasteiger partial charge in [-0.1, -0.05) is 84.9 Å². The summed E-state index contributed by atoms with van der Waals surface area (Å²) in [6.07, 6.45) is 1.66. The van der Waals surface area contributed by atoms with Gasteiger partial charge >= 0.3 is 0 Å². The lowest BCUT2D eigenvalue weighted by molar-refractivity contribution is 0.0990. The zero-order chi connectivity index (χ0) is 28.2. The number of rotatable bonds is 4. The van der Waals surface area contributed by atoms with Crippen LogP contribution in [0.2, 0.25) is 0 Å². The molecule has 0 spiro atoms. The second kappa shape index (κ2) is 9.39. The van der Waals surface area contributed by atoms with Crippen LogP contribution in [-0.4, -0.2) is 21.1 Å². The van der Waals surface area contributed by atoms with E-state index in [-0.39, 0.29) is 17.1 Å². The normalized spacial score (nSPS) is 12.8. The van der Waals surface area contributed by atoms with Crippen molar-refractivity contribution in [2.24, 2.45) is 0 Å². The van der Waals surface area contributed by atoms with E-state index in [9.17, 15) is 9.59 Å². The van der Waals surface area contributed by atoms with E-state index in [2.05, 4.69) is 24.3 Å². The molecule has 5 nitrogen and oxygen atoms in total. The summed E-state index contributed by atoms with van der Waals surface area (Å²) in [6, 6.07) is 41.2. The first-order valence-electron chi connectivity index (χ1n) is 13.7. The Morgan fingerprint density at radius 1 is 0.595 bits per heavy atom. The van der Waals surface area contributed by atoms with Crippen LogP contribution in [0, 0.1) is 0 Å². The molecule has 0 saturated heterocycles. The van der Waals surface area contributed by atoms with Gasteiger partial charge in [-0.3, -0.25) is 14.2 Å². The SMILES string of the molecule is O=C1C(=Cc2cc3oc(-c4ccc(-c5ccccc5)cc4)nc3n2-c2ccccc2)C(=O)c2cc3ccccc3cc21. The molecule has 1 aliphatic carbocycles. The van der Waals surface area contributed by atoms with Crippen LogP contribution in [0.1, 0.15) is 26.4 Å². The highest BCUT2D eigenvalue weighted by molar-refractivity contribution is 6.42. The summed E-state index contributed by atoms with van der Waals surface area (Å²) in [6.45, 7) is 0. The minimum atomic E-state index is -0.273. The molecule has 7 aromatic rings. The number of benzene rings is 5. The summed E-state index contributed by atoms with van der Waals surface area (Å²) in [5.74, 6) is -0.0497. The fourth-order valence-corrected chi connectivity index (χ4v) is 5.70. The average Bonchev–Trinajstić information content (AvgIpc) is 3.67. The van der Waals surface area contributed by atoms with E-state index in [0.29, 0.717) is 33.9 Å². The van der Waals surface area contributed by atoms with Crippen LogP contribution >= 0.6 is 0 Å². The molecule has 1 aliphatic rings. The second-order valence-corrected chi connectivity index (χ2v) is 10.4. The van der Waals surface area contributed by atoms with Crippen molar-refractivity contribution in [3.05, 3.63) is 150 Å². The third-order valence-corrected chi connectivity index (χ3v) is 7.79. The second-order valence-electron chi connectivity index (χ2n) is 10.4. The molecule has 0 fully saturated rings. The number of nitrogens with zero attached hydrogens (tertiary/aromatic N) is 2. The van der Waals surface area contributed by atoms with E-state index in [1.54, 1.807) is 6.08 Å². The van der Waals surface area contributed by atoms with E-state index in [1.165, 1.54) is 0 Å². The van der Waals surface area contributed by atoms with Crippen LogP contribution in [0.25, 0.3) is 56.3 Å². The molecule has 0 bridgehead atoms. The van der Waals surface area contributed by atoms with Crippen LogP contribution in [0.4, 0.5) is 0 Å². The maximum atomic E-state index is 13.5. The number of hydrogen-bond acceptors (Lipinski definition) is 4. The lowest BCUT2D eigenvalue weighted by atomic mass is 10.0. The Labute approximate surface area is 241 Å². The molecule has 0 amide bonds. The molecule has 8 rings (SSSR count). The maximum Gasteiger partial charge on any atom is 0.228 e. The monoisotopic (exact) mass is 542 g/mol. The van der Waals surface area contributed by atoms with Crippen molar-refractivity contribution in [1.29, 1.82) is 0 Å². The topological polar surface area (TPSA) is 65.1 Å². The molecule has 0 saturated carbocycles. The number of carbonyl (C=O) groups excluding carboxylic acids is 2. The Morgan fingerprint density at radius 3 is 1.79 bits per heavy atom. The van der Waals surface area contributed by atoms with Gasteiger partial charge in [0.1, 0.15) is 0 Å². The predicted octanol–water partition coefficient (Wildman–Crippen LogP) is 8.57. The summed E-state index contributed by atoms with van der Waals surface area (Å²) >= 11 is 0. The number of Topliss-reactive ketones (excluding diaryl/α,β-unsaturated/α-hetero) is 2. The van der Waals surface area contributed by atoms with E-state index in [0.717, 1.165) is 33.2 Å². The Balaban J connectivity index is 1.23. The Kier molecular flexibility index (Phi) is 5.37. The molecule has 0 radical (unpaired) electrons. The number of carbonyl (C=O) groups is 2. The van der Waals surface area contributed by atoms with Crippen LogP contribution in [0.15, 0.2) is 137 Å². The van der Waals surface area contributed by atoms with Gasteiger partial charge in [0, 0.05) is 28.4 Å². The number of aromatic nitrogens is 2. The highest BCUT2D eigenvalue weighted by Crippen LogP contribution is 2.35. The number of hydrogen-bond donors (Lipinski definition) is 0. The molecule has 198 valence electrons. The highest BCUT2D eigenvalue weighted by atomic mass is 16.3. The van der Waals surface area contributed by atoms with Crippen LogP contribution < -0.4 is 0 Å². The first-order chi connectivity index (χ1) is 20.6. The van der Waals surface area contributed by atoms with Crippen molar-refractivity contribution in [3.63, 3.8) is 0 Å². The summed E-state index contributed by atoms with van der Waals surface area (Å²) in [4.78, 5) is 31.8. The van der Waals surface area contributed by atoms with E-state index < -0.39 is 0 Å². The number of para-hydroxylation sites is 1. The largest absolute Gasteiger partial charge is 0.434 e. The molecule has 0 aliphatic heterocycles. The van der Waals surface area contributed by atoms with Crippen LogP contribution in [0.3, 0.4) is 0 Å². The van der Waals surface area contributed by atoms with Crippen molar-refractivity contribution in [2.75, 3.05) is 0 Å². The molecule has 5 heteroatoms. The van der Waals surface area contributed by atoms with Gasteiger partial charge in [0.25, 0.3) is 0 Å². The highest BCUT2D eigenvalue weighted by Gasteiger charge is 2.34. The minimum absolute atomic E-state index is 0.134. The van der Waals surface area contributed by atoms with E-state index >= 15 is 0 Å². The van der Waals surface area contributed by atoms with Gasteiger partial charge in [0.2, 0.25) is 5.89 Å². The summed E-state index contributed by atoms with van der Waals surface area (Å²) < 4.78 is 8.17. The molecule has 2 heterocycles. The summed E-state index contributed by atoms with van der Waals surface area (Å²) in [5, 5.41) is 1.86. The van der Waals surface area contributed by atoms with Crippen molar-refractivity contribution < 1.29 is 14.0 Å². The number of fused-ring (bicyclic) bond motifs is 3. The quantitative estimate of drug-likeness (QED) is 0.165. The molecular weight excluding hydrogens is 520 g/mol. The number of ketones is 2. The van der Waals surface area contributed by atoms with Crippen LogP contribution in [0.5, 0.6) is 0 Å². The lowest BCUT2D eigenvalue weighted by Crippen LogP contribution is -2.03. The van der Waals surface area contributed by atoms with Crippen LogP contribution in [-0.2, 0) is 0 Å². The Bertz CT molecular complexity index is 2150. The van der Waals surface area contributed by atoms with Gasteiger partial charge < -0.3 is 4.42 Å². The minimum Gasteiger partial charge on any atom is -0.434 e. The summed E-state index contributed by atoms with van der Waals surface area (Å²) in [5.41, 5.74) is 6.77. The van der Waals surface area contributed by atoms with E-state index in [1.807, 2.05) is 108 Å². The molecule has 2 aromatic heterocycles. The van der Waals surface area contributed by atoms with Gasteiger partial charge in [0.15, 0.2) is 22.8 Å². The Morgan fingerprint density at radius 2 is 1.14 bits per heavy atom. The fraction of sp³-hybridized carbons (Fsp3) is 0. The lowest BCUT2D eigenvalue weighted by Gasteiger charge is -2.07. The first-order valence-corrected chi connectivity index (χ1v) is 13.7. The standard InChI is InChI=1S/C37H22N2O3/c40-34-30-19-26-11-7-8-12-27(26)20-31(30)35(41)32(34)21-29-22-33-36(39(29)28-13-5-2-6-14-28)38-37(42-33)25-17-15-24(16-18-25)23-9-3-1-4-10-23/h1-22H. The van der Waals surface area contributed by atoms with Gasteiger partial charge in [-0.25, -0.2) is 0 Å². The summed E-state index contributed by atoms with van der Waals surface area (Å²) in [7, 11) is 0. The molecule has 5 aromatic carbocycles. The van der Waals surface area contributed by atoms with Crippen molar-refractivity contribution >= 4 is 39.6 Å². The molecule has 42 heavy (non-hydrogen) atoms. The van der Waals surface area contributed by atoms with Gasteiger partial charge in [-0.2, -0.15) is 4.98 Å². The van der Waals surface area contributed by atoms with Gasteiger partial charge in [0.05, 0.1) is 11.3 Å². The number of allylic oxidation sites excluding steroid dienone is 1. The fourth-order valence-electron chi connectivity index (χ4n) is 5.70. The van der Waals surface area contributed by atoms with E-state index in [4.69, 9.17) is 9.40 Å². The first kappa shape index (κ1) is 24.0. The van der Waals surface area contributed by atoms with Gasteiger partial charge in [-0.15, -0.1) is 0 Å². The Hall–Kier alpha value is -5.81. The average molecular weight is 543 g/mol. The number of oxazole rings is 1. The maximum absolute atomic E-state index is 13.5. The predicted molar refractivity (Wildman–Crippen MR) is 165 cm³/mol. The van der Waals surface area contributed by atoms with Crippen molar-refractivity contribution in [1.82, 2.24) is 9.55 Å². The zero-order valence-electron chi connectivity index (χ0n) is 22.3. The molecule has 0 N–H and O–H groups in total. The van der Waals surface area contributed by atoms with Crippen molar-refractivity contribution in [2.45, 2.75) is 0 Å². The molecular formula is C37H22N2O3. The van der Waals surface area contributed by atoms with Gasteiger partial charge in [-0.05, 0) is 64.4 Å². The molecule has 0 unspecified atom stereocenters. The smallest absolute Gasteiger partial charge is 0.228 e. The third kappa shape index (κ3) is 3.83. The third-order valence-electron chi connectivity index (χ3n) is 7.79.